The van der Waals surface area contributed by atoms with Crippen molar-refractivity contribution in [3.05, 3.63) is 59.8 Å². The Morgan fingerprint density at radius 3 is 2.91 bits per heavy atom. The maximum absolute atomic E-state index is 14.9. The third-order valence-electron chi connectivity index (χ3n) is 5.45. The van der Waals surface area contributed by atoms with E-state index < -0.39 is 24.4 Å². The fourth-order valence-corrected chi connectivity index (χ4v) is 3.86. The molecule has 3 heterocycles. The molecule has 2 N–H and O–H groups in total. The van der Waals surface area contributed by atoms with Crippen LogP contribution in [0.15, 0.2) is 42.9 Å². The SMILES string of the molecule is CN(C(=O)c1cc2c(cc1F)nc(N)c1cncn12)[C@@H]1COc2cc(OC(F)F)ccc21. The van der Waals surface area contributed by atoms with Crippen molar-refractivity contribution < 1.29 is 27.4 Å². The van der Waals surface area contributed by atoms with Crippen LogP contribution >= 0.6 is 0 Å². The molecule has 0 aliphatic carbocycles. The first-order chi connectivity index (χ1) is 15.3. The first-order valence-electron chi connectivity index (χ1n) is 9.53. The second-order valence-electron chi connectivity index (χ2n) is 7.29. The number of amides is 1. The predicted molar refractivity (Wildman–Crippen MR) is 108 cm³/mol. The fourth-order valence-electron chi connectivity index (χ4n) is 3.86. The van der Waals surface area contributed by atoms with Gasteiger partial charge in [-0.15, -0.1) is 0 Å². The lowest BCUT2D eigenvalue weighted by Gasteiger charge is -2.24. The van der Waals surface area contributed by atoms with Gasteiger partial charge in [0, 0.05) is 24.7 Å². The van der Waals surface area contributed by atoms with Gasteiger partial charge in [-0.2, -0.15) is 8.78 Å². The Hall–Kier alpha value is -4.02. The second-order valence-corrected chi connectivity index (χ2v) is 7.29. The highest BCUT2D eigenvalue weighted by molar-refractivity contribution is 5.98. The lowest BCUT2D eigenvalue weighted by molar-refractivity contribution is -0.0499. The van der Waals surface area contributed by atoms with Crippen molar-refractivity contribution in [3.8, 4) is 11.5 Å². The van der Waals surface area contributed by atoms with Gasteiger partial charge >= 0.3 is 6.61 Å². The summed E-state index contributed by atoms with van der Waals surface area (Å²) in [6, 6.07) is 6.27. The normalized spacial score (nSPS) is 15.2. The van der Waals surface area contributed by atoms with E-state index in [0.29, 0.717) is 22.3 Å². The summed E-state index contributed by atoms with van der Waals surface area (Å²) in [6.07, 6.45) is 3.03. The van der Waals surface area contributed by atoms with Gasteiger partial charge in [0.2, 0.25) is 0 Å². The number of nitrogens with two attached hydrogens (primary N) is 1. The van der Waals surface area contributed by atoms with Gasteiger partial charge in [0.1, 0.15) is 35.3 Å². The number of alkyl halides is 2. The third-order valence-corrected chi connectivity index (χ3v) is 5.45. The number of aromatic nitrogens is 3. The molecule has 1 aliphatic heterocycles. The van der Waals surface area contributed by atoms with E-state index in [2.05, 4.69) is 14.7 Å². The Balaban J connectivity index is 1.50. The molecule has 1 amide bonds. The maximum atomic E-state index is 14.9. The Kier molecular flexibility index (Phi) is 4.54. The minimum Gasteiger partial charge on any atom is -0.491 e. The highest BCUT2D eigenvalue weighted by Crippen LogP contribution is 2.39. The molecule has 0 saturated carbocycles. The van der Waals surface area contributed by atoms with Crippen molar-refractivity contribution in [2.75, 3.05) is 19.4 Å². The largest absolute Gasteiger partial charge is 0.491 e. The van der Waals surface area contributed by atoms with Gasteiger partial charge in [-0.3, -0.25) is 9.20 Å². The number of hydrogen-bond donors (Lipinski definition) is 1. The number of anilines is 1. The molecule has 1 atom stereocenters. The number of ether oxygens (including phenoxy) is 2. The highest BCUT2D eigenvalue weighted by atomic mass is 19.3. The van der Waals surface area contributed by atoms with E-state index in [1.165, 1.54) is 42.7 Å². The average Bonchev–Trinajstić information content (AvgIpc) is 3.39. The molecule has 0 unspecified atom stereocenters. The molecule has 4 aromatic rings. The number of carbonyl (C=O) groups excluding carboxylic acids is 1. The molecular formula is C21H16F3N5O3. The quantitative estimate of drug-likeness (QED) is 0.520. The van der Waals surface area contributed by atoms with E-state index in [-0.39, 0.29) is 29.3 Å². The smallest absolute Gasteiger partial charge is 0.387 e. The van der Waals surface area contributed by atoms with E-state index in [1.54, 1.807) is 10.5 Å². The topological polar surface area (TPSA) is 95.0 Å². The molecule has 0 fully saturated rings. The van der Waals surface area contributed by atoms with Crippen LogP contribution in [0.1, 0.15) is 22.0 Å². The fraction of sp³-hybridized carbons (Fsp3) is 0.190. The number of nitrogens with zero attached hydrogens (tertiary/aromatic N) is 4. The Labute approximate surface area is 179 Å². The maximum Gasteiger partial charge on any atom is 0.387 e. The van der Waals surface area contributed by atoms with Crippen LogP contribution < -0.4 is 15.2 Å². The van der Waals surface area contributed by atoms with Crippen LogP contribution in [0.25, 0.3) is 16.6 Å². The number of hydrogen-bond acceptors (Lipinski definition) is 6. The molecule has 0 saturated heterocycles. The van der Waals surface area contributed by atoms with Gasteiger partial charge in [-0.1, -0.05) is 0 Å². The summed E-state index contributed by atoms with van der Waals surface area (Å²) in [6.45, 7) is -2.87. The zero-order chi connectivity index (χ0) is 22.6. The standard InChI is InChI=1S/C21H16F3N5O3/c1-28(17-8-31-18-4-10(32-21(23)24)2-3-11(17)18)20(30)12-5-15-14(6-13(12)22)27-19(25)16-7-26-9-29(15)16/h2-7,9,17,21H,8H2,1H3,(H2,25,27)/t17-/m1/s1. The summed E-state index contributed by atoms with van der Waals surface area (Å²) >= 11 is 0. The number of likely N-dealkylation sites (N-methyl/N-ethyl adjacent to an activating group) is 1. The molecule has 11 heteroatoms. The molecule has 8 nitrogen and oxygen atoms in total. The van der Waals surface area contributed by atoms with Crippen LogP contribution in [-0.4, -0.2) is 45.4 Å². The van der Waals surface area contributed by atoms with Crippen molar-refractivity contribution in [3.63, 3.8) is 0 Å². The van der Waals surface area contributed by atoms with Crippen LogP contribution in [0.5, 0.6) is 11.5 Å². The van der Waals surface area contributed by atoms with Crippen LogP contribution in [0.3, 0.4) is 0 Å². The number of fused-ring (bicyclic) bond motifs is 4. The first kappa shape index (κ1) is 19.9. The third kappa shape index (κ3) is 3.13. The first-order valence-corrected chi connectivity index (χ1v) is 9.53. The number of nitrogen functional groups attached to an aromatic ring is 1. The summed E-state index contributed by atoms with van der Waals surface area (Å²) < 4.78 is 51.3. The van der Waals surface area contributed by atoms with Crippen LogP contribution in [-0.2, 0) is 0 Å². The number of imidazole rings is 1. The van der Waals surface area contributed by atoms with Crippen molar-refractivity contribution in [2.45, 2.75) is 12.7 Å². The van der Waals surface area contributed by atoms with E-state index in [1.807, 2.05) is 0 Å². The van der Waals surface area contributed by atoms with Crippen molar-refractivity contribution >= 4 is 28.3 Å². The lowest BCUT2D eigenvalue weighted by Crippen LogP contribution is -2.32. The summed E-state index contributed by atoms with van der Waals surface area (Å²) in [5, 5.41) is 0. The zero-order valence-electron chi connectivity index (χ0n) is 16.6. The van der Waals surface area contributed by atoms with E-state index in [9.17, 15) is 18.0 Å². The minimum absolute atomic E-state index is 0.0509. The van der Waals surface area contributed by atoms with Crippen LogP contribution in [0.2, 0.25) is 0 Å². The van der Waals surface area contributed by atoms with Gasteiger partial charge in [-0.05, 0) is 18.2 Å². The summed E-state index contributed by atoms with van der Waals surface area (Å²) in [5.74, 6) is -0.860. The van der Waals surface area contributed by atoms with Gasteiger partial charge in [0.05, 0.1) is 35.2 Å². The van der Waals surface area contributed by atoms with Crippen molar-refractivity contribution in [2.24, 2.45) is 0 Å². The Morgan fingerprint density at radius 2 is 2.12 bits per heavy atom. The predicted octanol–water partition coefficient (Wildman–Crippen LogP) is 3.41. The zero-order valence-corrected chi connectivity index (χ0v) is 16.6. The molecular weight excluding hydrogens is 427 g/mol. The molecule has 0 bridgehead atoms. The molecule has 0 spiro atoms. The van der Waals surface area contributed by atoms with Gasteiger partial charge < -0.3 is 20.1 Å². The summed E-state index contributed by atoms with van der Waals surface area (Å²) in [4.78, 5) is 22.8. The van der Waals surface area contributed by atoms with Gasteiger partial charge in [0.25, 0.3) is 5.91 Å². The highest BCUT2D eigenvalue weighted by Gasteiger charge is 2.32. The number of halogens is 3. The summed E-state index contributed by atoms with van der Waals surface area (Å²) in [7, 11) is 1.52. The lowest BCUT2D eigenvalue weighted by atomic mass is 10.1. The van der Waals surface area contributed by atoms with Crippen molar-refractivity contribution in [1.29, 1.82) is 0 Å². The van der Waals surface area contributed by atoms with E-state index in [0.717, 1.165) is 6.07 Å². The molecule has 1 aliphatic rings. The number of benzene rings is 2. The van der Waals surface area contributed by atoms with Gasteiger partial charge in [-0.25, -0.2) is 14.4 Å². The molecule has 32 heavy (non-hydrogen) atoms. The van der Waals surface area contributed by atoms with E-state index in [4.69, 9.17) is 10.5 Å². The van der Waals surface area contributed by atoms with Crippen LogP contribution in [0, 0.1) is 5.82 Å². The van der Waals surface area contributed by atoms with Gasteiger partial charge in [0.15, 0.2) is 0 Å². The number of rotatable bonds is 4. The molecule has 5 rings (SSSR count). The monoisotopic (exact) mass is 443 g/mol. The van der Waals surface area contributed by atoms with E-state index >= 15 is 0 Å². The van der Waals surface area contributed by atoms with Crippen molar-refractivity contribution in [1.82, 2.24) is 19.3 Å². The van der Waals surface area contributed by atoms with Crippen LogP contribution in [0.4, 0.5) is 19.0 Å². The minimum atomic E-state index is -2.96. The Morgan fingerprint density at radius 1 is 1.31 bits per heavy atom. The Bertz CT molecular complexity index is 1370. The molecule has 2 aromatic heterocycles. The second kappa shape index (κ2) is 7.29. The summed E-state index contributed by atoms with van der Waals surface area (Å²) in [5.41, 5.74) is 7.64. The number of carbonyl (C=O) groups is 1. The molecule has 0 radical (unpaired) electrons. The average molecular weight is 443 g/mol. The molecule has 2 aromatic carbocycles. The molecule has 164 valence electrons.